The van der Waals surface area contributed by atoms with E-state index in [0.29, 0.717) is 0 Å². The SMILES string of the molecule is CNCc1ccc(CN2CCC(COC)C2)s1. The summed E-state index contributed by atoms with van der Waals surface area (Å²) in [4.78, 5) is 5.45. The van der Waals surface area contributed by atoms with Crippen LogP contribution in [0.1, 0.15) is 16.2 Å². The molecule has 0 bridgehead atoms. The first-order chi connectivity index (χ1) is 8.31. The summed E-state index contributed by atoms with van der Waals surface area (Å²) in [5.41, 5.74) is 0. The molecule has 4 heteroatoms. The highest BCUT2D eigenvalue weighted by Crippen LogP contribution is 2.22. The topological polar surface area (TPSA) is 24.5 Å². The smallest absolute Gasteiger partial charge is 0.0503 e. The molecule has 1 atom stereocenters. The lowest BCUT2D eigenvalue weighted by Crippen LogP contribution is -2.20. The normalized spacial score (nSPS) is 21.2. The number of hydrogen-bond acceptors (Lipinski definition) is 4. The van der Waals surface area contributed by atoms with Crippen molar-refractivity contribution in [2.24, 2.45) is 5.92 Å². The average Bonchev–Trinajstić information content (AvgIpc) is 2.91. The van der Waals surface area contributed by atoms with Crippen LogP contribution in [0.5, 0.6) is 0 Å². The molecule has 0 amide bonds. The van der Waals surface area contributed by atoms with Gasteiger partial charge in [0.25, 0.3) is 0 Å². The van der Waals surface area contributed by atoms with E-state index in [1.165, 1.54) is 29.3 Å². The molecule has 1 fully saturated rings. The van der Waals surface area contributed by atoms with Crippen molar-refractivity contribution < 1.29 is 4.74 Å². The molecule has 0 aliphatic carbocycles. The lowest BCUT2D eigenvalue weighted by atomic mass is 10.1. The first kappa shape index (κ1) is 13.0. The summed E-state index contributed by atoms with van der Waals surface area (Å²) in [5.74, 6) is 0.733. The van der Waals surface area contributed by atoms with Crippen molar-refractivity contribution in [1.29, 1.82) is 0 Å². The Morgan fingerprint density at radius 3 is 3.06 bits per heavy atom. The van der Waals surface area contributed by atoms with Gasteiger partial charge in [0.2, 0.25) is 0 Å². The van der Waals surface area contributed by atoms with E-state index >= 15 is 0 Å². The summed E-state index contributed by atoms with van der Waals surface area (Å²) in [6.07, 6.45) is 1.28. The molecule has 1 unspecified atom stereocenters. The van der Waals surface area contributed by atoms with E-state index in [-0.39, 0.29) is 0 Å². The van der Waals surface area contributed by atoms with Crippen molar-refractivity contribution in [3.63, 3.8) is 0 Å². The molecule has 0 radical (unpaired) electrons. The van der Waals surface area contributed by atoms with Crippen molar-refractivity contribution in [2.45, 2.75) is 19.5 Å². The number of likely N-dealkylation sites (tertiary alicyclic amines) is 1. The zero-order valence-corrected chi connectivity index (χ0v) is 11.6. The van der Waals surface area contributed by atoms with E-state index in [9.17, 15) is 0 Å². The van der Waals surface area contributed by atoms with Gasteiger partial charge in [0.1, 0.15) is 0 Å². The van der Waals surface area contributed by atoms with Crippen molar-refractivity contribution in [1.82, 2.24) is 10.2 Å². The van der Waals surface area contributed by atoms with Gasteiger partial charge in [0.15, 0.2) is 0 Å². The number of nitrogens with zero attached hydrogens (tertiary/aromatic N) is 1. The Balaban J connectivity index is 1.80. The van der Waals surface area contributed by atoms with Crippen LogP contribution in [0.4, 0.5) is 0 Å². The molecule has 17 heavy (non-hydrogen) atoms. The second kappa shape index (κ2) is 6.50. The van der Waals surface area contributed by atoms with Crippen LogP contribution in [0.25, 0.3) is 0 Å². The van der Waals surface area contributed by atoms with Gasteiger partial charge in [0, 0.05) is 36.5 Å². The molecule has 2 heterocycles. The van der Waals surface area contributed by atoms with Crippen LogP contribution in [0.15, 0.2) is 12.1 Å². The van der Waals surface area contributed by atoms with Crippen LogP contribution < -0.4 is 5.32 Å². The predicted octanol–water partition coefficient (Wildman–Crippen LogP) is 1.94. The van der Waals surface area contributed by atoms with Gasteiger partial charge in [0.05, 0.1) is 6.61 Å². The minimum atomic E-state index is 0.733. The van der Waals surface area contributed by atoms with E-state index in [2.05, 4.69) is 22.3 Å². The van der Waals surface area contributed by atoms with Gasteiger partial charge < -0.3 is 10.1 Å². The fourth-order valence-corrected chi connectivity index (χ4v) is 3.50. The standard InChI is InChI=1S/C13H22N2OS/c1-14-7-12-3-4-13(17-12)9-15-6-5-11(8-15)10-16-2/h3-4,11,14H,5-10H2,1-2H3. The van der Waals surface area contributed by atoms with Gasteiger partial charge in [-0.2, -0.15) is 0 Å². The highest BCUT2D eigenvalue weighted by atomic mass is 32.1. The minimum Gasteiger partial charge on any atom is -0.384 e. The number of methoxy groups -OCH3 is 1. The zero-order chi connectivity index (χ0) is 12.1. The predicted molar refractivity (Wildman–Crippen MR) is 72.3 cm³/mol. The van der Waals surface area contributed by atoms with E-state index < -0.39 is 0 Å². The largest absolute Gasteiger partial charge is 0.384 e. The van der Waals surface area contributed by atoms with Crippen LogP contribution in [0.2, 0.25) is 0 Å². The summed E-state index contributed by atoms with van der Waals surface area (Å²) < 4.78 is 5.23. The van der Waals surface area contributed by atoms with Crippen molar-refractivity contribution in [2.75, 3.05) is 33.9 Å². The lowest BCUT2D eigenvalue weighted by molar-refractivity contribution is 0.153. The Morgan fingerprint density at radius 1 is 1.47 bits per heavy atom. The lowest BCUT2D eigenvalue weighted by Gasteiger charge is -2.14. The number of nitrogens with one attached hydrogen (secondary N) is 1. The molecule has 0 saturated carbocycles. The van der Waals surface area contributed by atoms with Crippen LogP contribution in [-0.4, -0.2) is 38.8 Å². The number of ether oxygens (including phenoxy) is 1. The van der Waals surface area contributed by atoms with Crippen molar-refractivity contribution >= 4 is 11.3 Å². The third-order valence-corrected chi connectivity index (χ3v) is 4.29. The zero-order valence-electron chi connectivity index (χ0n) is 10.7. The Kier molecular flexibility index (Phi) is 4.98. The molecule has 1 aliphatic rings. The average molecular weight is 254 g/mol. The molecular formula is C13H22N2OS. The van der Waals surface area contributed by atoms with E-state index in [1.54, 1.807) is 7.11 Å². The maximum Gasteiger partial charge on any atom is 0.0503 e. The summed E-state index contributed by atoms with van der Waals surface area (Å²) in [7, 11) is 3.79. The fourth-order valence-electron chi connectivity index (χ4n) is 2.43. The van der Waals surface area contributed by atoms with E-state index in [1.807, 2.05) is 18.4 Å². The van der Waals surface area contributed by atoms with Gasteiger partial charge in [-0.25, -0.2) is 0 Å². The molecule has 3 nitrogen and oxygen atoms in total. The second-order valence-corrected chi connectivity index (χ2v) is 6.00. The highest BCUT2D eigenvalue weighted by Gasteiger charge is 2.22. The van der Waals surface area contributed by atoms with Crippen LogP contribution >= 0.6 is 11.3 Å². The summed E-state index contributed by atoms with van der Waals surface area (Å²) in [6, 6.07) is 4.50. The highest BCUT2D eigenvalue weighted by molar-refractivity contribution is 7.11. The van der Waals surface area contributed by atoms with Gasteiger partial charge >= 0.3 is 0 Å². The molecule has 1 aliphatic heterocycles. The second-order valence-electron chi connectivity index (χ2n) is 4.74. The monoisotopic (exact) mass is 254 g/mol. The van der Waals surface area contributed by atoms with Gasteiger partial charge in [-0.05, 0) is 38.1 Å². The van der Waals surface area contributed by atoms with Crippen LogP contribution in [0, 0.1) is 5.92 Å². The minimum absolute atomic E-state index is 0.733. The van der Waals surface area contributed by atoms with Gasteiger partial charge in [-0.1, -0.05) is 0 Å². The Labute approximate surface area is 108 Å². The van der Waals surface area contributed by atoms with Crippen LogP contribution in [0.3, 0.4) is 0 Å². The molecule has 0 spiro atoms. The van der Waals surface area contributed by atoms with Crippen molar-refractivity contribution in [3.05, 3.63) is 21.9 Å². The van der Waals surface area contributed by atoms with Gasteiger partial charge in [-0.15, -0.1) is 11.3 Å². The Morgan fingerprint density at radius 2 is 2.29 bits per heavy atom. The molecule has 1 aromatic heterocycles. The maximum absolute atomic E-state index is 5.23. The summed E-state index contributed by atoms with van der Waals surface area (Å²) in [5, 5.41) is 3.20. The molecule has 1 N–H and O–H groups in total. The first-order valence-corrected chi connectivity index (χ1v) is 7.07. The van der Waals surface area contributed by atoms with Crippen molar-refractivity contribution in [3.8, 4) is 0 Å². The number of hydrogen-bond donors (Lipinski definition) is 1. The first-order valence-electron chi connectivity index (χ1n) is 6.25. The molecule has 1 aromatic rings. The number of rotatable bonds is 6. The van der Waals surface area contributed by atoms with Crippen LogP contribution in [-0.2, 0) is 17.8 Å². The molecule has 0 aromatic carbocycles. The Hall–Kier alpha value is -0.420. The Bertz CT molecular complexity index is 340. The summed E-state index contributed by atoms with van der Waals surface area (Å²) >= 11 is 1.92. The molecule has 1 saturated heterocycles. The van der Waals surface area contributed by atoms with E-state index in [4.69, 9.17) is 4.74 Å². The van der Waals surface area contributed by atoms with E-state index in [0.717, 1.165) is 25.6 Å². The third kappa shape index (κ3) is 3.78. The van der Waals surface area contributed by atoms with Gasteiger partial charge in [-0.3, -0.25) is 4.90 Å². The molecular weight excluding hydrogens is 232 g/mol. The quantitative estimate of drug-likeness (QED) is 0.839. The third-order valence-electron chi connectivity index (χ3n) is 3.22. The molecule has 2 rings (SSSR count). The number of thiophene rings is 1. The maximum atomic E-state index is 5.23. The molecule has 96 valence electrons. The fraction of sp³-hybridized carbons (Fsp3) is 0.692. The summed E-state index contributed by atoms with van der Waals surface area (Å²) in [6.45, 7) is 5.40.